The molecule has 1 aromatic rings. The van der Waals surface area contributed by atoms with E-state index in [-0.39, 0.29) is 5.82 Å². The van der Waals surface area contributed by atoms with Crippen LogP contribution in [0.25, 0.3) is 0 Å². The van der Waals surface area contributed by atoms with Crippen molar-refractivity contribution in [3.05, 3.63) is 29.6 Å². The summed E-state index contributed by atoms with van der Waals surface area (Å²) in [6.07, 6.45) is 2.62. The highest BCUT2D eigenvalue weighted by Crippen LogP contribution is 2.30. The number of nitrogens with zero attached hydrogens (tertiary/aromatic N) is 1. The molecule has 1 aromatic carbocycles. The van der Waals surface area contributed by atoms with E-state index in [9.17, 15) is 4.39 Å². The first-order valence-electron chi connectivity index (χ1n) is 6.69. The highest BCUT2D eigenvalue weighted by Gasteiger charge is 2.25. The van der Waals surface area contributed by atoms with E-state index in [0.717, 1.165) is 56.9 Å². The van der Waals surface area contributed by atoms with Crippen molar-refractivity contribution in [3.8, 4) is 5.75 Å². The number of ether oxygens (including phenoxy) is 1. The van der Waals surface area contributed by atoms with Gasteiger partial charge in [0.25, 0.3) is 0 Å². The fraction of sp³-hybridized carbons (Fsp3) is 0.571. The highest BCUT2D eigenvalue weighted by atomic mass is 19.1. The molecule has 0 radical (unpaired) electrons. The van der Waals surface area contributed by atoms with Gasteiger partial charge in [0.15, 0.2) is 0 Å². The molecule has 1 aliphatic carbocycles. The van der Waals surface area contributed by atoms with Crippen LogP contribution in [-0.2, 0) is 6.54 Å². The van der Waals surface area contributed by atoms with Gasteiger partial charge >= 0.3 is 0 Å². The summed E-state index contributed by atoms with van der Waals surface area (Å²) in [4.78, 5) is 2.34. The van der Waals surface area contributed by atoms with Crippen molar-refractivity contribution in [2.75, 3.05) is 26.2 Å². The fourth-order valence-electron chi connectivity index (χ4n) is 2.26. The summed E-state index contributed by atoms with van der Waals surface area (Å²) in [5.74, 6) is 0.681. The molecule has 0 atom stereocenters. The third-order valence-electron chi connectivity index (χ3n) is 3.44. The maximum absolute atomic E-state index is 13.4. The lowest BCUT2D eigenvalue weighted by atomic mass is 10.1. The Morgan fingerprint density at radius 3 is 2.78 bits per heavy atom. The van der Waals surface area contributed by atoms with Gasteiger partial charge in [0.1, 0.15) is 11.6 Å². The summed E-state index contributed by atoms with van der Waals surface area (Å²) < 4.78 is 19.2. The second-order valence-electron chi connectivity index (χ2n) is 5.10. The Morgan fingerprint density at radius 1 is 1.28 bits per heavy atom. The highest BCUT2D eigenvalue weighted by molar-refractivity contribution is 5.34. The molecular weight excluding hydrogens is 231 g/mol. The smallest absolute Gasteiger partial charge is 0.124 e. The lowest BCUT2D eigenvalue weighted by Gasteiger charge is -2.27. The van der Waals surface area contributed by atoms with Crippen LogP contribution in [0.3, 0.4) is 0 Å². The van der Waals surface area contributed by atoms with Crippen LogP contribution in [0.15, 0.2) is 18.2 Å². The molecule has 1 saturated carbocycles. The van der Waals surface area contributed by atoms with Crippen LogP contribution < -0.4 is 10.1 Å². The molecule has 18 heavy (non-hydrogen) atoms. The molecule has 0 amide bonds. The summed E-state index contributed by atoms with van der Waals surface area (Å²) in [5, 5.41) is 3.32. The van der Waals surface area contributed by atoms with Crippen molar-refractivity contribution in [2.24, 2.45) is 0 Å². The van der Waals surface area contributed by atoms with Crippen LogP contribution in [0.2, 0.25) is 0 Å². The van der Waals surface area contributed by atoms with Crippen molar-refractivity contribution in [3.63, 3.8) is 0 Å². The van der Waals surface area contributed by atoms with Crippen LogP contribution in [0, 0.1) is 5.82 Å². The average Bonchev–Trinajstić information content (AvgIpc) is 3.18. The maximum atomic E-state index is 13.4. The molecule has 3 nitrogen and oxygen atoms in total. The molecule has 1 heterocycles. The molecule has 1 aliphatic heterocycles. The van der Waals surface area contributed by atoms with E-state index in [1.807, 2.05) is 0 Å². The van der Waals surface area contributed by atoms with Gasteiger partial charge in [-0.2, -0.15) is 0 Å². The van der Waals surface area contributed by atoms with Crippen LogP contribution in [0.1, 0.15) is 18.4 Å². The first-order valence-corrected chi connectivity index (χ1v) is 6.69. The third-order valence-corrected chi connectivity index (χ3v) is 3.44. The minimum atomic E-state index is -0.178. The van der Waals surface area contributed by atoms with E-state index < -0.39 is 0 Å². The van der Waals surface area contributed by atoms with Crippen molar-refractivity contribution in [1.29, 1.82) is 0 Å². The van der Waals surface area contributed by atoms with E-state index in [4.69, 9.17) is 4.74 Å². The Kier molecular flexibility index (Phi) is 3.48. The number of nitrogens with one attached hydrogen (secondary N) is 1. The number of rotatable bonds is 4. The second-order valence-corrected chi connectivity index (χ2v) is 5.10. The average molecular weight is 250 g/mol. The molecule has 1 saturated heterocycles. The van der Waals surface area contributed by atoms with Crippen molar-refractivity contribution in [2.45, 2.75) is 25.5 Å². The summed E-state index contributed by atoms with van der Waals surface area (Å²) in [7, 11) is 0. The summed E-state index contributed by atoms with van der Waals surface area (Å²) in [5.41, 5.74) is 0.976. The van der Waals surface area contributed by atoms with Crippen LogP contribution >= 0.6 is 0 Å². The number of halogens is 1. The Balaban J connectivity index is 1.72. The van der Waals surface area contributed by atoms with E-state index in [1.54, 1.807) is 12.1 Å². The van der Waals surface area contributed by atoms with Gasteiger partial charge in [0.05, 0.1) is 6.10 Å². The molecule has 0 bridgehead atoms. The molecule has 3 rings (SSSR count). The minimum Gasteiger partial charge on any atom is -0.490 e. The van der Waals surface area contributed by atoms with Gasteiger partial charge in [-0.05, 0) is 31.0 Å². The lowest BCUT2D eigenvalue weighted by Crippen LogP contribution is -2.42. The molecule has 2 aliphatic rings. The Morgan fingerprint density at radius 2 is 2.06 bits per heavy atom. The predicted molar refractivity (Wildman–Crippen MR) is 68.2 cm³/mol. The molecule has 0 aromatic heterocycles. The number of piperazine rings is 1. The maximum Gasteiger partial charge on any atom is 0.124 e. The number of hydrogen-bond acceptors (Lipinski definition) is 3. The first-order chi connectivity index (χ1) is 8.81. The predicted octanol–water partition coefficient (Wildman–Crippen LogP) is 1.77. The van der Waals surface area contributed by atoms with Crippen molar-refractivity contribution >= 4 is 0 Å². The normalized spacial score (nSPS) is 20.9. The molecule has 0 unspecified atom stereocenters. The van der Waals surface area contributed by atoms with Gasteiger partial charge in [-0.1, -0.05) is 0 Å². The van der Waals surface area contributed by atoms with Crippen LogP contribution in [0.5, 0.6) is 5.75 Å². The van der Waals surface area contributed by atoms with Gasteiger partial charge in [-0.3, -0.25) is 4.90 Å². The van der Waals surface area contributed by atoms with E-state index in [2.05, 4.69) is 10.2 Å². The van der Waals surface area contributed by atoms with Gasteiger partial charge in [-0.25, -0.2) is 4.39 Å². The number of hydrogen-bond donors (Lipinski definition) is 1. The first kappa shape index (κ1) is 11.9. The van der Waals surface area contributed by atoms with Gasteiger partial charge in [0.2, 0.25) is 0 Å². The Hall–Kier alpha value is -1.13. The third kappa shape index (κ3) is 3.00. The molecule has 1 N–H and O–H groups in total. The second kappa shape index (κ2) is 5.24. The fourth-order valence-corrected chi connectivity index (χ4v) is 2.26. The molecular formula is C14H19FN2O. The van der Waals surface area contributed by atoms with E-state index in [1.165, 1.54) is 6.07 Å². The van der Waals surface area contributed by atoms with Crippen molar-refractivity contribution < 1.29 is 9.13 Å². The van der Waals surface area contributed by atoms with Crippen LogP contribution in [-0.4, -0.2) is 37.2 Å². The standard InChI is InChI=1S/C14H19FN2O/c15-12-1-4-14(18-13-2-3-13)11(9-12)10-17-7-5-16-6-8-17/h1,4,9,13,16H,2-3,5-8,10H2. The lowest BCUT2D eigenvalue weighted by molar-refractivity contribution is 0.225. The van der Waals surface area contributed by atoms with E-state index in [0.29, 0.717) is 6.10 Å². The Bertz CT molecular complexity index is 414. The topological polar surface area (TPSA) is 24.5 Å². The Labute approximate surface area is 107 Å². The molecule has 98 valence electrons. The molecule has 4 heteroatoms. The van der Waals surface area contributed by atoms with Crippen LogP contribution in [0.4, 0.5) is 4.39 Å². The van der Waals surface area contributed by atoms with Gasteiger partial charge in [-0.15, -0.1) is 0 Å². The van der Waals surface area contributed by atoms with Crippen molar-refractivity contribution in [1.82, 2.24) is 10.2 Å². The van der Waals surface area contributed by atoms with Gasteiger partial charge < -0.3 is 10.1 Å². The zero-order valence-corrected chi connectivity index (χ0v) is 10.5. The minimum absolute atomic E-state index is 0.178. The summed E-state index contributed by atoms with van der Waals surface area (Å²) in [6, 6.07) is 4.86. The summed E-state index contributed by atoms with van der Waals surface area (Å²) in [6.45, 7) is 4.82. The zero-order valence-electron chi connectivity index (χ0n) is 10.5. The summed E-state index contributed by atoms with van der Waals surface area (Å²) >= 11 is 0. The van der Waals surface area contributed by atoms with Gasteiger partial charge in [0, 0.05) is 38.3 Å². The SMILES string of the molecule is Fc1ccc(OC2CC2)c(CN2CCNCC2)c1. The monoisotopic (exact) mass is 250 g/mol. The number of benzene rings is 1. The van der Waals surface area contributed by atoms with E-state index >= 15 is 0 Å². The quantitative estimate of drug-likeness (QED) is 0.881. The molecule has 0 spiro atoms. The zero-order chi connectivity index (χ0) is 12.4. The molecule has 2 fully saturated rings. The largest absolute Gasteiger partial charge is 0.490 e.